The van der Waals surface area contributed by atoms with Gasteiger partial charge in [0.05, 0.1) is 22.1 Å². The summed E-state index contributed by atoms with van der Waals surface area (Å²) in [6, 6.07) is 10.6. The van der Waals surface area contributed by atoms with E-state index in [-0.39, 0.29) is 5.69 Å². The van der Waals surface area contributed by atoms with Crippen molar-refractivity contribution < 1.29 is 14.1 Å². The van der Waals surface area contributed by atoms with Gasteiger partial charge in [-0.25, -0.2) is 4.39 Å². The van der Waals surface area contributed by atoms with Gasteiger partial charge in [0, 0.05) is 17.8 Å². The molecular weight excluding hydrogens is 277 g/mol. The maximum atomic E-state index is 13.6. The second-order valence-electron chi connectivity index (χ2n) is 4.07. The quantitative estimate of drug-likeness (QED) is 0.692. The number of hydrogen-bond acceptors (Lipinski definition) is 4. The summed E-state index contributed by atoms with van der Waals surface area (Å²) < 4.78 is 13.6. The summed E-state index contributed by atoms with van der Waals surface area (Å²) in [6.07, 6.45) is 0. The lowest BCUT2D eigenvalue weighted by molar-refractivity contribution is -0.384. The Bertz CT molecular complexity index is 768. The van der Waals surface area contributed by atoms with Crippen molar-refractivity contribution in [3.05, 3.63) is 69.5 Å². The van der Waals surface area contributed by atoms with E-state index in [0.29, 0.717) is 11.3 Å². The van der Waals surface area contributed by atoms with Crippen molar-refractivity contribution in [3.63, 3.8) is 0 Å². The van der Waals surface area contributed by atoms with Crippen LogP contribution in [0.25, 0.3) is 0 Å². The molecule has 0 saturated carbocycles. The Morgan fingerprint density at radius 3 is 2.71 bits per heavy atom. The monoisotopic (exact) mass is 285 g/mol. The number of nitro benzene ring substituents is 1. The lowest BCUT2D eigenvalue weighted by Gasteiger charge is -2.06. The number of nitro groups is 1. The van der Waals surface area contributed by atoms with Crippen LogP contribution in [0.4, 0.5) is 15.8 Å². The lowest BCUT2D eigenvalue weighted by atomic mass is 10.1. The number of nitriles is 1. The highest BCUT2D eigenvalue weighted by Gasteiger charge is 2.17. The van der Waals surface area contributed by atoms with Gasteiger partial charge in [0.2, 0.25) is 0 Å². The number of non-ortho nitro benzene ring substituents is 1. The lowest BCUT2D eigenvalue weighted by Crippen LogP contribution is -2.14. The van der Waals surface area contributed by atoms with Gasteiger partial charge in [-0.2, -0.15) is 5.26 Å². The topological polar surface area (TPSA) is 96.0 Å². The standard InChI is InChI=1S/C14H8FN3O3/c15-13-5-4-11(18(20)21)7-12(13)14(19)17-10-3-1-2-9(6-10)8-16/h1-7H,(H,17,19). The van der Waals surface area contributed by atoms with E-state index in [1.165, 1.54) is 12.1 Å². The molecule has 0 aliphatic carbocycles. The van der Waals surface area contributed by atoms with E-state index in [1.807, 2.05) is 6.07 Å². The minimum absolute atomic E-state index is 0.296. The highest BCUT2D eigenvalue weighted by Crippen LogP contribution is 2.18. The number of nitrogens with one attached hydrogen (secondary N) is 1. The summed E-state index contributed by atoms with van der Waals surface area (Å²) >= 11 is 0. The zero-order valence-electron chi connectivity index (χ0n) is 10.5. The average molecular weight is 285 g/mol. The van der Waals surface area contributed by atoms with Crippen LogP contribution in [-0.4, -0.2) is 10.8 Å². The van der Waals surface area contributed by atoms with Gasteiger partial charge < -0.3 is 5.32 Å². The second kappa shape index (κ2) is 5.79. The number of carbonyl (C=O) groups is 1. The fourth-order valence-electron chi connectivity index (χ4n) is 1.67. The number of rotatable bonds is 3. The molecule has 0 unspecified atom stereocenters. The van der Waals surface area contributed by atoms with Crippen LogP contribution < -0.4 is 5.32 Å². The van der Waals surface area contributed by atoms with Crippen molar-refractivity contribution in [1.29, 1.82) is 5.26 Å². The number of amides is 1. The molecule has 0 aliphatic rings. The molecule has 0 atom stereocenters. The Labute approximate surface area is 118 Å². The summed E-state index contributed by atoms with van der Waals surface area (Å²) in [4.78, 5) is 21.9. The smallest absolute Gasteiger partial charge is 0.270 e. The van der Waals surface area contributed by atoms with E-state index in [0.717, 1.165) is 18.2 Å². The maximum absolute atomic E-state index is 13.6. The van der Waals surface area contributed by atoms with Crippen LogP contribution in [0.2, 0.25) is 0 Å². The van der Waals surface area contributed by atoms with Crippen LogP contribution in [-0.2, 0) is 0 Å². The molecule has 2 aromatic rings. The molecule has 0 bridgehead atoms. The third kappa shape index (κ3) is 3.19. The largest absolute Gasteiger partial charge is 0.322 e. The molecule has 7 heteroatoms. The van der Waals surface area contributed by atoms with Gasteiger partial charge >= 0.3 is 0 Å². The molecule has 0 aliphatic heterocycles. The number of nitrogens with zero attached hydrogens (tertiary/aromatic N) is 2. The Morgan fingerprint density at radius 2 is 2.05 bits per heavy atom. The Balaban J connectivity index is 2.30. The molecular formula is C14H8FN3O3. The maximum Gasteiger partial charge on any atom is 0.270 e. The first-order chi connectivity index (χ1) is 10.0. The zero-order chi connectivity index (χ0) is 15.4. The van der Waals surface area contributed by atoms with E-state index >= 15 is 0 Å². The van der Waals surface area contributed by atoms with Gasteiger partial charge in [0.15, 0.2) is 0 Å². The number of halogens is 1. The van der Waals surface area contributed by atoms with Gasteiger partial charge in [0.25, 0.3) is 11.6 Å². The molecule has 2 aromatic carbocycles. The Kier molecular flexibility index (Phi) is 3.90. The van der Waals surface area contributed by atoms with E-state index in [4.69, 9.17) is 5.26 Å². The summed E-state index contributed by atoms with van der Waals surface area (Å²) in [5.41, 5.74) is -0.198. The molecule has 0 saturated heterocycles. The third-order valence-electron chi connectivity index (χ3n) is 2.65. The molecule has 0 radical (unpaired) electrons. The summed E-state index contributed by atoms with van der Waals surface area (Å²) in [5, 5.41) is 21.8. The SMILES string of the molecule is N#Cc1cccc(NC(=O)c2cc([N+](=O)[O-])ccc2F)c1. The van der Waals surface area contributed by atoms with Gasteiger partial charge in [0.1, 0.15) is 5.82 Å². The molecule has 104 valence electrons. The van der Waals surface area contributed by atoms with E-state index < -0.39 is 22.2 Å². The number of anilines is 1. The van der Waals surface area contributed by atoms with Gasteiger partial charge in [-0.3, -0.25) is 14.9 Å². The molecule has 2 rings (SSSR count). The van der Waals surface area contributed by atoms with Crippen molar-refractivity contribution in [2.24, 2.45) is 0 Å². The predicted octanol–water partition coefficient (Wildman–Crippen LogP) is 2.86. The van der Waals surface area contributed by atoms with Gasteiger partial charge in [-0.15, -0.1) is 0 Å². The molecule has 1 N–H and O–H groups in total. The molecule has 0 spiro atoms. The van der Waals surface area contributed by atoms with Crippen LogP contribution in [0.3, 0.4) is 0 Å². The van der Waals surface area contributed by atoms with Crippen LogP contribution in [0.15, 0.2) is 42.5 Å². The van der Waals surface area contributed by atoms with Crippen LogP contribution >= 0.6 is 0 Å². The molecule has 21 heavy (non-hydrogen) atoms. The molecule has 0 fully saturated rings. The molecule has 1 amide bonds. The van der Waals surface area contributed by atoms with Crippen LogP contribution in [0, 0.1) is 27.3 Å². The predicted molar refractivity (Wildman–Crippen MR) is 72.2 cm³/mol. The van der Waals surface area contributed by atoms with Gasteiger partial charge in [-0.1, -0.05) is 6.07 Å². The highest BCUT2D eigenvalue weighted by atomic mass is 19.1. The minimum Gasteiger partial charge on any atom is -0.322 e. The minimum atomic E-state index is -0.866. The van der Waals surface area contributed by atoms with Crippen molar-refractivity contribution in [1.82, 2.24) is 0 Å². The molecule has 6 nitrogen and oxygen atoms in total. The van der Waals surface area contributed by atoms with Crippen molar-refractivity contribution >= 4 is 17.3 Å². The normalized spacial score (nSPS) is 9.71. The van der Waals surface area contributed by atoms with E-state index in [1.54, 1.807) is 12.1 Å². The van der Waals surface area contributed by atoms with E-state index in [9.17, 15) is 19.3 Å². The zero-order valence-corrected chi connectivity index (χ0v) is 10.5. The fourth-order valence-corrected chi connectivity index (χ4v) is 1.67. The highest BCUT2D eigenvalue weighted by molar-refractivity contribution is 6.04. The van der Waals surface area contributed by atoms with Crippen molar-refractivity contribution in [2.45, 2.75) is 0 Å². The van der Waals surface area contributed by atoms with Gasteiger partial charge in [-0.05, 0) is 24.3 Å². The summed E-state index contributed by atoms with van der Waals surface area (Å²) in [7, 11) is 0. The first kappa shape index (κ1) is 14.1. The molecule has 0 aromatic heterocycles. The first-order valence-corrected chi connectivity index (χ1v) is 5.76. The van der Waals surface area contributed by atoms with Crippen molar-refractivity contribution in [2.75, 3.05) is 5.32 Å². The number of benzene rings is 2. The number of carbonyl (C=O) groups excluding carboxylic acids is 1. The summed E-state index contributed by atoms with van der Waals surface area (Å²) in [5.74, 6) is -1.69. The average Bonchev–Trinajstić information content (AvgIpc) is 2.47. The second-order valence-corrected chi connectivity index (χ2v) is 4.07. The third-order valence-corrected chi connectivity index (χ3v) is 2.65. The molecule has 0 heterocycles. The Hall–Kier alpha value is -3.27. The first-order valence-electron chi connectivity index (χ1n) is 5.76. The summed E-state index contributed by atoms with van der Waals surface area (Å²) in [6.45, 7) is 0. The van der Waals surface area contributed by atoms with Crippen molar-refractivity contribution in [3.8, 4) is 6.07 Å². The van der Waals surface area contributed by atoms with Crippen LogP contribution in [0.1, 0.15) is 15.9 Å². The number of hydrogen-bond donors (Lipinski definition) is 1. The Morgan fingerprint density at radius 1 is 1.29 bits per heavy atom. The van der Waals surface area contributed by atoms with E-state index in [2.05, 4.69) is 5.32 Å². The fraction of sp³-hybridized carbons (Fsp3) is 0. The van der Waals surface area contributed by atoms with Crippen LogP contribution in [0.5, 0.6) is 0 Å².